The maximum absolute atomic E-state index is 12.0. The molecule has 28 heavy (non-hydrogen) atoms. The van der Waals surface area contributed by atoms with Crippen molar-refractivity contribution >= 4 is 41.2 Å². The molecule has 0 aliphatic heterocycles. The Labute approximate surface area is 161 Å². The minimum absolute atomic E-state index is 0.0202. The number of nitro groups is 1. The van der Waals surface area contributed by atoms with E-state index in [0.717, 1.165) is 16.4 Å². The lowest BCUT2D eigenvalue weighted by Crippen LogP contribution is -2.17. The minimum Gasteiger partial charge on any atom is -0.463 e. The highest BCUT2D eigenvalue weighted by atomic mass is 32.2. The molecule has 3 aromatic rings. The number of rotatable bonds is 8. The molecule has 2 heterocycles. The van der Waals surface area contributed by atoms with E-state index in [2.05, 4.69) is 26.0 Å². The van der Waals surface area contributed by atoms with E-state index < -0.39 is 4.92 Å². The number of non-ortho nitro benzene ring substituents is 1. The van der Waals surface area contributed by atoms with Gasteiger partial charge in [-0.05, 0) is 18.2 Å². The van der Waals surface area contributed by atoms with Crippen molar-refractivity contribution in [2.24, 2.45) is 5.10 Å². The molecule has 1 aromatic carbocycles. The molecule has 0 fully saturated rings. The van der Waals surface area contributed by atoms with Crippen LogP contribution in [0.1, 0.15) is 5.76 Å². The minimum atomic E-state index is -0.537. The zero-order chi connectivity index (χ0) is 19.9. The van der Waals surface area contributed by atoms with E-state index in [-0.39, 0.29) is 28.5 Å². The largest absolute Gasteiger partial charge is 0.463 e. The van der Waals surface area contributed by atoms with Gasteiger partial charge in [0.1, 0.15) is 5.76 Å². The number of carbonyl (C=O) groups excluding carboxylic acids is 1. The molecule has 1 amide bonds. The first kappa shape index (κ1) is 18.9. The number of benzene rings is 1. The Kier molecular flexibility index (Phi) is 5.86. The molecule has 0 spiro atoms. The highest BCUT2D eigenvalue weighted by Gasteiger charge is 2.13. The summed E-state index contributed by atoms with van der Waals surface area (Å²) in [4.78, 5) is 22.3. The average Bonchev–Trinajstić information content (AvgIpc) is 3.31. The SMILES string of the molecule is Nn1c(N/N=C/c2ccco2)nnc1SCC(=O)Nc1cccc([N+](=O)[O-])c1. The summed E-state index contributed by atoms with van der Waals surface area (Å²) >= 11 is 1.04. The van der Waals surface area contributed by atoms with Crippen LogP contribution in [0.5, 0.6) is 0 Å². The number of anilines is 2. The fourth-order valence-electron chi connectivity index (χ4n) is 1.99. The summed E-state index contributed by atoms with van der Waals surface area (Å²) < 4.78 is 6.24. The van der Waals surface area contributed by atoms with Crippen LogP contribution >= 0.6 is 11.8 Å². The number of nitrogens with one attached hydrogen (secondary N) is 2. The van der Waals surface area contributed by atoms with Gasteiger partial charge in [0.05, 0.1) is 23.2 Å². The number of furan rings is 1. The van der Waals surface area contributed by atoms with E-state index in [0.29, 0.717) is 11.4 Å². The number of nitro benzene ring substituents is 1. The summed E-state index contributed by atoms with van der Waals surface area (Å²) in [5.41, 5.74) is 2.82. The molecule has 0 saturated carbocycles. The van der Waals surface area contributed by atoms with Gasteiger partial charge in [-0.25, -0.2) is 10.1 Å². The van der Waals surface area contributed by atoms with Crippen LogP contribution in [-0.2, 0) is 4.79 Å². The number of nitrogens with two attached hydrogens (primary N) is 1. The fraction of sp³-hybridized carbons (Fsp3) is 0.0667. The lowest BCUT2D eigenvalue weighted by Gasteiger charge is -2.05. The van der Waals surface area contributed by atoms with E-state index in [1.165, 1.54) is 30.7 Å². The number of nitrogen functional groups attached to an aromatic ring is 1. The van der Waals surface area contributed by atoms with Crippen LogP contribution in [0, 0.1) is 10.1 Å². The summed E-state index contributed by atoms with van der Waals surface area (Å²) in [6.07, 6.45) is 2.95. The number of aromatic nitrogens is 3. The number of hydrogen-bond donors (Lipinski definition) is 3. The normalized spacial score (nSPS) is 10.9. The Hall–Kier alpha value is -3.87. The molecular formula is C15H14N8O4S. The monoisotopic (exact) mass is 402 g/mol. The van der Waals surface area contributed by atoms with E-state index >= 15 is 0 Å². The fourth-order valence-corrected chi connectivity index (χ4v) is 2.65. The molecule has 0 aliphatic rings. The van der Waals surface area contributed by atoms with Crippen molar-refractivity contribution in [3.63, 3.8) is 0 Å². The number of hydrazone groups is 1. The molecule has 4 N–H and O–H groups in total. The van der Waals surface area contributed by atoms with Crippen LogP contribution in [0.15, 0.2) is 57.3 Å². The highest BCUT2D eigenvalue weighted by molar-refractivity contribution is 7.99. The molecule has 0 bridgehead atoms. The van der Waals surface area contributed by atoms with Crippen LogP contribution in [-0.4, -0.2) is 37.7 Å². The number of nitrogens with zero attached hydrogens (tertiary/aromatic N) is 5. The van der Waals surface area contributed by atoms with Crippen LogP contribution in [0.2, 0.25) is 0 Å². The molecule has 0 radical (unpaired) electrons. The van der Waals surface area contributed by atoms with Gasteiger partial charge in [0.25, 0.3) is 11.6 Å². The number of hydrogen-bond acceptors (Lipinski definition) is 10. The Morgan fingerprint density at radius 1 is 1.39 bits per heavy atom. The van der Waals surface area contributed by atoms with Gasteiger partial charge in [-0.1, -0.05) is 17.8 Å². The van der Waals surface area contributed by atoms with Crippen molar-refractivity contribution in [1.29, 1.82) is 0 Å². The lowest BCUT2D eigenvalue weighted by atomic mass is 10.3. The highest BCUT2D eigenvalue weighted by Crippen LogP contribution is 2.19. The third-order valence-electron chi connectivity index (χ3n) is 3.24. The Morgan fingerprint density at radius 3 is 3.00 bits per heavy atom. The Bertz CT molecular complexity index is 1000. The van der Waals surface area contributed by atoms with E-state index in [1.54, 1.807) is 18.2 Å². The van der Waals surface area contributed by atoms with Gasteiger partial charge in [0, 0.05) is 17.8 Å². The molecule has 0 atom stereocenters. The third-order valence-corrected chi connectivity index (χ3v) is 4.18. The first-order chi connectivity index (χ1) is 13.5. The molecule has 144 valence electrons. The number of thioether (sulfide) groups is 1. The summed E-state index contributed by atoms with van der Waals surface area (Å²) in [7, 11) is 0. The van der Waals surface area contributed by atoms with Gasteiger partial charge in [-0.3, -0.25) is 14.9 Å². The predicted molar refractivity (Wildman–Crippen MR) is 103 cm³/mol. The molecule has 3 rings (SSSR count). The van der Waals surface area contributed by atoms with Crippen molar-refractivity contribution < 1.29 is 14.1 Å². The molecule has 0 saturated heterocycles. The Balaban J connectivity index is 1.53. The standard InChI is InChI=1S/C15H14N8O4S/c16-22-14(19-17-8-12-5-2-6-27-12)20-21-15(22)28-9-13(24)18-10-3-1-4-11(7-10)23(25)26/h1-8H,9,16H2,(H,18,24)(H,19,20)/b17-8+. The second kappa shape index (κ2) is 8.68. The quantitative estimate of drug-likeness (QED) is 0.167. The molecular weight excluding hydrogens is 388 g/mol. The van der Waals surface area contributed by atoms with Gasteiger partial charge in [0.2, 0.25) is 11.1 Å². The second-order valence-electron chi connectivity index (χ2n) is 5.21. The summed E-state index contributed by atoms with van der Waals surface area (Å²) in [6, 6.07) is 9.09. The van der Waals surface area contributed by atoms with Crippen LogP contribution < -0.4 is 16.6 Å². The smallest absolute Gasteiger partial charge is 0.271 e. The Morgan fingerprint density at radius 2 is 2.25 bits per heavy atom. The van der Waals surface area contributed by atoms with Gasteiger partial charge in [-0.15, -0.1) is 10.2 Å². The van der Waals surface area contributed by atoms with E-state index in [9.17, 15) is 14.9 Å². The molecule has 13 heteroatoms. The first-order valence-corrected chi connectivity index (χ1v) is 8.71. The summed E-state index contributed by atoms with van der Waals surface area (Å²) in [5.74, 6) is 6.18. The predicted octanol–water partition coefficient (Wildman–Crippen LogP) is 1.67. The molecule has 0 aliphatic carbocycles. The van der Waals surface area contributed by atoms with Gasteiger partial charge < -0.3 is 15.6 Å². The second-order valence-corrected chi connectivity index (χ2v) is 6.15. The zero-order valence-electron chi connectivity index (χ0n) is 14.2. The maximum atomic E-state index is 12.0. The maximum Gasteiger partial charge on any atom is 0.271 e. The zero-order valence-corrected chi connectivity index (χ0v) is 15.0. The lowest BCUT2D eigenvalue weighted by molar-refractivity contribution is -0.384. The van der Waals surface area contributed by atoms with Crippen LogP contribution in [0.4, 0.5) is 17.3 Å². The van der Waals surface area contributed by atoms with E-state index in [1.807, 2.05) is 0 Å². The van der Waals surface area contributed by atoms with Crippen LogP contribution in [0.25, 0.3) is 0 Å². The van der Waals surface area contributed by atoms with Crippen molar-refractivity contribution in [2.75, 3.05) is 22.3 Å². The topological polar surface area (TPSA) is 166 Å². The van der Waals surface area contributed by atoms with Gasteiger partial charge in [-0.2, -0.15) is 5.10 Å². The van der Waals surface area contributed by atoms with Crippen molar-refractivity contribution in [3.05, 3.63) is 58.5 Å². The number of carbonyl (C=O) groups is 1. The van der Waals surface area contributed by atoms with Gasteiger partial charge >= 0.3 is 0 Å². The summed E-state index contributed by atoms with van der Waals surface area (Å²) in [6.45, 7) is 0. The van der Waals surface area contributed by atoms with Crippen LogP contribution in [0.3, 0.4) is 0 Å². The third kappa shape index (κ3) is 4.85. The molecule has 2 aromatic heterocycles. The summed E-state index contributed by atoms with van der Waals surface area (Å²) in [5, 5.41) is 25.2. The van der Waals surface area contributed by atoms with Crippen molar-refractivity contribution in [3.8, 4) is 0 Å². The average molecular weight is 402 g/mol. The first-order valence-electron chi connectivity index (χ1n) is 7.73. The molecule has 12 nitrogen and oxygen atoms in total. The van der Waals surface area contributed by atoms with Crippen molar-refractivity contribution in [1.82, 2.24) is 14.9 Å². The van der Waals surface area contributed by atoms with Crippen molar-refractivity contribution in [2.45, 2.75) is 5.16 Å². The van der Waals surface area contributed by atoms with Gasteiger partial charge in [0.15, 0.2) is 0 Å². The number of amides is 1. The van der Waals surface area contributed by atoms with E-state index in [4.69, 9.17) is 10.3 Å². The molecule has 0 unspecified atom stereocenters.